The maximum Gasteiger partial charge on any atom is 0.320 e. The van der Waals surface area contributed by atoms with E-state index in [1.165, 1.54) is 0 Å². The van der Waals surface area contributed by atoms with Crippen LogP contribution in [-0.4, -0.2) is 16.7 Å². The van der Waals surface area contributed by atoms with Gasteiger partial charge in [0.05, 0.1) is 5.69 Å². The third-order valence-corrected chi connectivity index (χ3v) is 3.53. The molecule has 0 unspecified atom stereocenters. The minimum atomic E-state index is 0.308. The van der Waals surface area contributed by atoms with Gasteiger partial charge in [-0.1, -0.05) is 16.7 Å². The van der Waals surface area contributed by atoms with Gasteiger partial charge in [-0.25, -0.2) is 0 Å². The third-order valence-electron chi connectivity index (χ3n) is 2.06. The van der Waals surface area contributed by atoms with E-state index in [4.69, 9.17) is 21.8 Å². The second-order valence-corrected chi connectivity index (χ2v) is 5.55. The molecule has 0 aliphatic heterocycles. The van der Waals surface area contributed by atoms with Crippen molar-refractivity contribution in [3.05, 3.63) is 32.0 Å². The molecule has 1 aromatic carbocycles. The summed E-state index contributed by atoms with van der Waals surface area (Å²) in [4.78, 5) is 0. The van der Waals surface area contributed by atoms with Gasteiger partial charge in [-0.2, -0.15) is 0 Å². The van der Waals surface area contributed by atoms with Gasteiger partial charge in [0, 0.05) is 26.9 Å². The van der Waals surface area contributed by atoms with Crippen molar-refractivity contribution in [1.29, 1.82) is 0 Å². The Balaban J connectivity index is 2.22. The number of rotatable bonds is 4. The van der Waals surface area contributed by atoms with Crippen LogP contribution in [-0.2, 0) is 6.42 Å². The van der Waals surface area contributed by atoms with E-state index in [0.717, 1.165) is 14.6 Å². The van der Waals surface area contributed by atoms with Crippen molar-refractivity contribution in [3.63, 3.8) is 0 Å². The third kappa shape index (κ3) is 3.23. The van der Waals surface area contributed by atoms with E-state index in [1.54, 1.807) is 12.1 Å². The molecule has 2 rings (SSSR count). The zero-order chi connectivity index (χ0) is 13.1. The normalized spacial score (nSPS) is 10.7. The Morgan fingerprint density at radius 3 is 2.56 bits per heavy atom. The lowest BCUT2D eigenvalue weighted by Crippen LogP contribution is -2.02. The minimum Gasteiger partial charge on any atom is -0.408 e. The first-order valence-electron chi connectivity index (χ1n) is 5.04. The van der Waals surface area contributed by atoms with Crippen LogP contribution in [0.15, 0.2) is 25.5 Å². The second-order valence-electron chi connectivity index (χ2n) is 3.41. The molecule has 0 radical (unpaired) electrons. The van der Waals surface area contributed by atoms with E-state index in [2.05, 4.69) is 47.4 Å². The van der Waals surface area contributed by atoms with Crippen LogP contribution < -0.4 is 11.1 Å². The summed E-state index contributed by atoms with van der Waals surface area (Å²) in [5.41, 5.74) is 6.18. The molecule has 1 heterocycles. The summed E-state index contributed by atoms with van der Waals surface area (Å²) in [6.07, 6.45) is 0.553. The molecule has 0 bridgehead atoms. The van der Waals surface area contributed by atoms with Crippen LogP contribution in [0.1, 0.15) is 5.89 Å². The van der Waals surface area contributed by atoms with Crippen LogP contribution in [0.5, 0.6) is 0 Å². The number of anilines is 2. The van der Waals surface area contributed by atoms with Crippen molar-refractivity contribution < 1.29 is 4.42 Å². The number of nitrogens with one attached hydrogen (secondary N) is 1. The molecule has 0 saturated heterocycles. The summed E-state index contributed by atoms with van der Waals surface area (Å²) < 4.78 is 6.96. The standard InChI is InChI=1S/C10H9Br2ClN4O/c11-6-3-5(13)4-7(12)9(6)15-10-17-16-8(18-10)1-2-14/h3-4H,1-2,14H2,(H,15,17). The maximum atomic E-state index is 5.92. The van der Waals surface area contributed by atoms with Crippen molar-refractivity contribution in [2.24, 2.45) is 5.73 Å². The molecule has 0 saturated carbocycles. The highest BCUT2D eigenvalue weighted by Gasteiger charge is 2.11. The molecule has 8 heteroatoms. The van der Waals surface area contributed by atoms with Gasteiger partial charge < -0.3 is 15.5 Å². The number of halogens is 3. The molecule has 0 spiro atoms. The highest BCUT2D eigenvalue weighted by Crippen LogP contribution is 2.35. The SMILES string of the molecule is NCCc1nnc(Nc2c(Br)cc(Cl)cc2Br)o1. The van der Waals surface area contributed by atoms with E-state index in [1.807, 2.05) is 0 Å². The molecule has 0 fully saturated rings. The van der Waals surface area contributed by atoms with Gasteiger partial charge >= 0.3 is 6.01 Å². The smallest absolute Gasteiger partial charge is 0.320 e. The Morgan fingerprint density at radius 1 is 1.28 bits per heavy atom. The lowest BCUT2D eigenvalue weighted by atomic mass is 10.3. The summed E-state index contributed by atoms with van der Waals surface area (Å²) in [6, 6.07) is 3.85. The van der Waals surface area contributed by atoms with Crippen molar-refractivity contribution >= 4 is 55.2 Å². The topological polar surface area (TPSA) is 77.0 Å². The first-order valence-corrected chi connectivity index (χ1v) is 7.00. The number of hydrogen-bond acceptors (Lipinski definition) is 5. The number of nitrogens with two attached hydrogens (primary N) is 1. The molecule has 3 N–H and O–H groups in total. The van der Waals surface area contributed by atoms with E-state index in [-0.39, 0.29) is 0 Å². The van der Waals surface area contributed by atoms with Crippen molar-refractivity contribution in [2.75, 3.05) is 11.9 Å². The predicted molar refractivity (Wildman–Crippen MR) is 77.2 cm³/mol. The number of aromatic nitrogens is 2. The van der Waals surface area contributed by atoms with Crippen LogP contribution in [0.4, 0.5) is 11.7 Å². The Bertz CT molecular complexity index is 538. The first kappa shape index (κ1) is 13.8. The van der Waals surface area contributed by atoms with Crippen LogP contribution >= 0.6 is 43.5 Å². The summed E-state index contributed by atoms with van der Waals surface area (Å²) in [5.74, 6) is 0.501. The lowest BCUT2D eigenvalue weighted by Gasteiger charge is -2.07. The van der Waals surface area contributed by atoms with Gasteiger partial charge in [-0.15, -0.1) is 5.10 Å². The minimum absolute atomic E-state index is 0.308. The van der Waals surface area contributed by atoms with Gasteiger partial charge in [0.1, 0.15) is 0 Å². The summed E-state index contributed by atoms with van der Waals surface area (Å²) in [5, 5.41) is 11.4. The number of benzene rings is 1. The fraction of sp³-hybridized carbons (Fsp3) is 0.200. The van der Waals surface area contributed by atoms with Crippen molar-refractivity contribution in [2.45, 2.75) is 6.42 Å². The average molecular weight is 396 g/mol. The van der Waals surface area contributed by atoms with Gasteiger partial charge in [0.25, 0.3) is 0 Å². The zero-order valence-electron chi connectivity index (χ0n) is 9.08. The molecule has 96 valence electrons. The zero-order valence-corrected chi connectivity index (χ0v) is 13.0. The number of nitrogens with zero attached hydrogens (tertiary/aromatic N) is 2. The molecule has 1 aromatic heterocycles. The van der Waals surface area contributed by atoms with Crippen LogP contribution in [0, 0.1) is 0 Å². The van der Waals surface area contributed by atoms with Gasteiger partial charge in [-0.3, -0.25) is 0 Å². The maximum absolute atomic E-state index is 5.92. The second kappa shape index (κ2) is 6.01. The molecule has 0 aliphatic carbocycles. The highest BCUT2D eigenvalue weighted by atomic mass is 79.9. The van der Waals surface area contributed by atoms with Crippen molar-refractivity contribution in [3.8, 4) is 0 Å². The summed E-state index contributed by atoms with van der Waals surface area (Å²) in [7, 11) is 0. The molecular weight excluding hydrogens is 387 g/mol. The van der Waals surface area contributed by atoms with Crippen LogP contribution in [0.25, 0.3) is 0 Å². The molecule has 0 atom stereocenters. The van der Waals surface area contributed by atoms with E-state index >= 15 is 0 Å². The Kier molecular flexibility index (Phi) is 4.60. The average Bonchev–Trinajstić information content (AvgIpc) is 2.72. The molecule has 0 amide bonds. The summed E-state index contributed by atoms with van der Waals surface area (Å²) in [6.45, 7) is 0.468. The van der Waals surface area contributed by atoms with Crippen LogP contribution in [0.3, 0.4) is 0 Å². The summed E-state index contributed by atoms with van der Waals surface area (Å²) >= 11 is 12.7. The van der Waals surface area contributed by atoms with Crippen molar-refractivity contribution in [1.82, 2.24) is 10.2 Å². The Hall–Kier alpha value is -0.630. The molecule has 5 nitrogen and oxygen atoms in total. The largest absolute Gasteiger partial charge is 0.408 e. The molecular formula is C10H9Br2ClN4O. The van der Waals surface area contributed by atoms with Gasteiger partial charge in [-0.05, 0) is 44.0 Å². The Morgan fingerprint density at radius 2 is 1.94 bits per heavy atom. The van der Waals surface area contributed by atoms with E-state index in [9.17, 15) is 0 Å². The lowest BCUT2D eigenvalue weighted by molar-refractivity contribution is 0.509. The van der Waals surface area contributed by atoms with Gasteiger partial charge in [0.15, 0.2) is 0 Å². The molecule has 0 aliphatic rings. The van der Waals surface area contributed by atoms with Gasteiger partial charge in [0.2, 0.25) is 5.89 Å². The first-order chi connectivity index (χ1) is 8.60. The fourth-order valence-corrected chi connectivity index (χ4v) is 3.16. The van der Waals surface area contributed by atoms with E-state index in [0.29, 0.717) is 29.9 Å². The van der Waals surface area contributed by atoms with Crippen LogP contribution in [0.2, 0.25) is 5.02 Å². The predicted octanol–water partition coefficient (Wildman–Crippen LogP) is 3.49. The molecule has 18 heavy (non-hydrogen) atoms. The van der Waals surface area contributed by atoms with E-state index < -0.39 is 0 Å². The molecule has 2 aromatic rings. The number of hydrogen-bond donors (Lipinski definition) is 2. The quantitative estimate of drug-likeness (QED) is 0.827. The fourth-order valence-electron chi connectivity index (χ4n) is 1.30. The monoisotopic (exact) mass is 394 g/mol. The highest BCUT2D eigenvalue weighted by molar-refractivity contribution is 9.11. The Labute approximate surface area is 125 Å².